The molecule has 2 fully saturated rings. The van der Waals surface area contributed by atoms with Crippen LogP contribution in [-0.4, -0.2) is 47.8 Å². The molecular formula is C16H29NO3. The summed E-state index contributed by atoms with van der Waals surface area (Å²) in [5.41, 5.74) is 0. The lowest BCUT2D eigenvalue weighted by Crippen LogP contribution is -2.55. The van der Waals surface area contributed by atoms with Gasteiger partial charge in [-0.05, 0) is 37.5 Å². The van der Waals surface area contributed by atoms with Crippen LogP contribution in [0.2, 0.25) is 0 Å². The number of fused-ring (bicyclic) bond motifs is 1. The van der Waals surface area contributed by atoms with E-state index < -0.39 is 5.97 Å². The molecule has 0 bridgehead atoms. The highest BCUT2D eigenvalue weighted by Crippen LogP contribution is 2.37. The predicted octanol–water partition coefficient (Wildman–Crippen LogP) is 2.77. The van der Waals surface area contributed by atoms with E-state index in [2.05, 4.69) is 18.7 Å². The summed E-state index contributed by atoms with van der Waals surface area (Å²) in [6.45, 7) is 6.46. The van der Waals surface area contributed by atoms with Crippen molar-refractivity contribution in [2.45, 2.75) is 64.5 Å². The number of aliphatic carboxylic acids is 1. The maximum Gasteiger partial charge on any atom is 0.320 e. The van der Waals surface area contributed by atoms with Crippen molar-refractivity contribution < 1.29 is 14.6 Å². The first-order chi connectivity index (χ1) is 9.59. The van der Waals surface area contributed by atoms with Crippen LogP contribution in [-0.2, 0) is 9.53 Å². The Labute approximate surface area is 122 Å². The fraction of sp³-hybridized carbons (Fsp3) is 0.938. The van der Waals surface area contributed by atoms with E-state index >= 15 is 0 Å². The average Bonchev–Trinajstić information content (AvgIpc) is 2.42. The first kappa shape index (κ1) is 15.8. The van der Waals surface area contributed by atoms with Crippen LogP contribution in [0.4, 0.5) is 0 Å². The van der Waals surface area contributed by atoms with Crippen molar-refractivity contribution in [2.75, 3.05) is 19.8 Å². The van der Waals surface area contributed by atoms with Gasteiger partial charge >= 0.3 is 5.97 Å². The van der Waals surface area contributed by atoms with Crippen LogP contribution in [0.1, 0.15) is 52.4 Å². The van der Waals surface area contributed by atoms with Gasteiger partial charge in [0.05, 0.1) is 6.61 Å². The number of nitrogens with zero attached hydrogens (tertiary/aromatic N) is 1. The Bertz CT molecular complexity index is 319. The van der Waals surface area contributed by atoms with Gasteiger partial charge in [-0.25, -0.2) is 0 Å². The van der Waals surface area contributed by atoms with E-state index in [1.54, 1.807) is 0 Å². The van der Waals surface area contributed by atoms with Gasteiger partial charge in [-0.15, -0.1) is 0 Å². The normalized spacial score (nSPS) is 31.2. The molecule has 0 radical (unpaired) electrons. The van der Waals surface area contributed by atoms with Crippen LogP contribution in [0.15, 0.2) is 0 Å². The van der Waals surface area contributed by atoms with Gasteiger partial charge in [-0.3, -0.25) is 9.69 Å². The highest BCUT2D eigenvalue weighted by molar-refractivity contribution is 5.73. The molecule has 3 unspecified atom stereocenters. The largest absolute Gasteiger partial charge is 0.480 e. The number of piperidine rings is 1. The first-order valence-corrected chi connectivity index (χ1v) is 8.16. The smallest absolute Gasteiger partial charge is 0.320 e. The van der Waals surface area contributed by atoms with Crippen LogP contribution in [0.25, 0.3) is 0 Å². The summed E-state index contributed by atoms with van der Waals surface area (Å²) in [5, 5.41) is 9.46. The molecule has 4 heteroatoms. The van der Waals surface area contributed by atoms with E-state index in [9.17, 15) is 9.90 Å². The summed E-state index contributed by atoms with van der Waals surface area (Å²) in [6.07, 6.45) is 6.90. The minimum absolute atomic E-state index is 0.294. The number of hydrogen-bond donors (Lipinski definition) is 1. The summed E-state index contributed by atoms with van der Waals surface area (Å²) in [4.78, 5) is 13.7. The third-order valence-electron chi connectivity index (χ3n) is 4.74. The molecule has 1 saturated carbocycles. The van der Waals surface area contributed by atoms with Gasteiger partial charge in [0.25, 0.3) is 0 Å². The van der Waals surface area contributed by atoms with Crippen molar-refractivity contribution in [3.8, 4) is 0 Å². The molecule has 0 aromatic rings. The number of ether oxygens (including phenoxy) is 1. The Hall–Kier alpha value is -0.610. The number of carbonyl (C=O) groups is 1. The standard InChI is InChI=1S/C16H29NO3/c1-12(2)11-20-10-9-17-14-6-4-3-5-13(14)7-8-15(17)16(18)19/h12-15H,3-11H2,1-2H3,(H,18,19). The molecule has 116 valence electrons. The van der Waals surface area contributed by atoms with Crippen LogP contribution < -0.4 is 0 Å². The van der Waals surface area contributed by atoms with E-state index in [-0.39, 0.29) is 6.04 Å². The highest BCUT2D eigenvalue weighted by atomic mass is 16.5. The summed E-state index contributed by atoms with van der Waals surface area (Å²) < 4.78 is 5.67. The molecular weight excluding hydrogens is 254 g/mol. The number of carboxylic acid groups (broad SMARTS) is 1. The van der Waals surface area contributed by atoms with Crippen molar-refractivity contribution in [3.05, 3.63) is 0 Å². The maximum atomic E-state index is 11.5. The molecule has 0 spiro atoms. The van der Waals surface area contributed by atoms with Gasteiger partial charge in [-0.2, -0.15) is 0 Å². The molecule has 2 rings (SSSR count). The molecule has 1 heterocycles. The second-order valence-corrected chi connectivity index (χ2v) is 6.75. The third-order valence-corrected chi connectivity index (χ3v) is 4.74. The number of hydrogen-bond acceptors (Lipinski definition) is 3. The van der Waals surface area contributed by atoms with Crippen LogP contribution >= 0.6 is 0 Å². The van der Waals surface area contributed by atoms with Crippen LogP contribution in [0.3, 0.4) is 0 Å². The lowest BCUT2D eigenvalue weighted by atomic mass is 9.76. The second kappa shape index (κ2) is 7.41. The molecule has 0 aromatic carbocycles. The highest BCUT2D eigenvalue weighted by Gasteiger charge is 2.40. The average molecular weight is 283 g/mol. The topological polar surface area (TPSA) is 49.8 Å². The van der Waals surface area contributed by atoms with E-state index in [0.717, 1.165) is 26.0 Å². The van der Waals surface area contributed by atoms with Crippen molar-refractivity contribution in [3.63, 3.8) is 0 Å². The van der Waals surface area contributed by atoms with Gasteiger partial charge in [0.1, 0.15) is 6.04 Å². The molecule has 2 aliphatic rings. The molecule has 1 aliphatic heterocycles. The van der Waals surface area contributed by atoms with E-state index in [0.29, 0.717) is 24.5 Å². The number of carboxylic acids is 1. The molecule has 0 amide bonds. The molecule has 1 N–H and O–H groups in total. The summed E-state index contributed by atoms with van der Waals surface area (Å²) in [5.74, 6) is 0.594. The molecule has 20 heavy (non-hydrogen) atoms. The number of rotatable bonds is 6. The Morgan fingerprint density at radius 3 is 2.70 bits per heavy atom. The van der Waals surface area contributed by atoms with Gasteiger partial charge in [0, 0.05) is 19.2 Å². The zero-order valence-corrected chi connectivity index (χ0v) is 12.9. The zero-order valence-electron chi connectivity index (χ0n) is 12.9. The van der Waals surface area contributed by atoms with Crippen molar-refractivity contribution in [2.24, 2.45) is 11.8 Å². The van der Waals surface area contributed by atoms with Crippen LogP contribution in [0.5, 0.6) is 0 Å². The SMILES string of the molecule is CC(C)COCCN1C(C(=O)O)CCC2CCCCC21. The Balaban J connectivity index is 1.92. The van der Waals surface area contributed by atoms with E-state index in [1.807, 2.05) is 0 Å². The summed E-state index contributed by atoms with van der Waals surface area (Å²) in [6, 6.07) is 0.179. The van der Waals surface area contributed by atoms with Gasteiger partial charge in [0.2, 0.25) is 0 Å². The fourth-order valence-electron chi connectivity index (χ4n) is 3.81. The monoisotopic (exact) mass is 283 g/mol. The molecule has 1 aliphatic carbocycles. The Kier molecular flexibility index (Phi) is 5.85. The molecule has 1 saturated heterocycles. The maximum absolute atomic E-state index is 11.5. The lowest BCUT2D eigenvalue weighted by molar-refractivity contribution is -0.148. The minimum Gasteiger partial charge on any atom is -0.480 e. The van der Waals surface area contributed by atoms with Crippen molar-refractivity contribution in [1.82, 2.24) is 4.90 Å². The Morgan fingerprint density at radius 2 is 2.00 bits per heavy atom. The van der Waals surface area contributed by atoms with Crippen molar-refractivity contribution in [1.29, 1.82) is 0 Å². The molecule has 4 nitrogen and oxygen atoms in total. The van der Waals surface area contributed by atoms with Gasteiger partial charge in [-0.1, -0.05) is 26.7 Å². The Morgan fingerprint density at radius 1 is 1.25 bits per heavy atom. The fourth-order valence-corrected chi connectivity index (χ4v) is 3.81. The molecule has 0 aromatic heterocycles. The number of likely N-dealkylation sites (tertiary alicyclic amines) is 1. The minimum atomic E-state index is -0.655. The van der Waals surface area contributed by atoms with E-state index in [4.69, 9.17) is 4.74 Å². The third kappa shape index (κ3) is 3.95. The van der Waals surface area contributed by atoms with Gasteiger partial charge < -0.3 is 9.84 Å². The zero-order chi connectivity index (χ0) is 14.5. The van der Waals surface area contributed by atoms with Crippen molar-refractivity contribution >= 4 is 5.97 Å². The lowest BCUT2D eigenvalue weighted by Gasteiger charge is -2.47. The quantitative estimate of drug-likeness (QED) is 0.762. The second-order valence-electron chi connectivity index (χ2n) is 6.75. The van der Waals surface area contributed by atoms with E-state index in [1.165, 1.54) is 25.7 Å². The van der Waals surface area contributed by atoms with Crippen LogP contribution in [0, 0.1) is 11.8 Å². The summed E-state index contributed by atoms with van der Waals surface area (Å²) >= 11 is 0. The predicted molar refractivity (Wildman–Crippen MR) is 78.8 cm³/mol. The van der Waals surface area contributed by atoms with Gasteiger partial charge in [0.15, 0.2) is 0 Å². The summed E-state index contributed by atoms with van der Waals surface area (Å²) in [7, 11) is 0. The molecule has 3 atom stereocenters. The first-order valence-electron chi connectivity index (χ1n) is 8.16.